The highest BCUT2D eigenvalue weighted by molar-refractivity contribution is 6.02. The molecule has 0 bridgehead atoms. The minimum absolute atomic E-state index is 0.00960. The van der Waals surface area contributed by atoms with Crippen LogP contribution in [-0.4, -0.2) is 30.6 Å². The summed E-state index contributed by atoms with van der Waals surface area (Å²) in [5.41, 5.74) is 1.88. The van der Waals surface area contributed by atoms with E-state index in [9.17, 15) is 0 Å². The standard InChI is InChI=1S/C12H15NO3/c1-8-11(7-14)16-13-12(8)9-3-5-10(15-2)6-4-9/h3-6,8,11,14H,7H2,1-2H3/t8-,11+/m0/s1. The van der Waals surface area contributed by atoms with E-state index in [1.165, 1.54) is 0 Å². The fraction of sp³-hybridized carbons (Fsp3) is 0.417. The average molecular weight is 221 g/mol. The Morgan fingerprint density at radius 1 is 1.38 bits per heavy atom. The molecule has 16 heavy (non-hydrogen) atoms. The molecule has 0 aromatic heterocycles. The zero-order valence-corrected chi connectivity index (χ0v) is 9.38. The first-order valence-corrected chi connectivity index (χ1v) is 5.25. The molecular formula is C12H15NO3. The average Bonchev–Trinajstić information content (AvgIpc) is 2.70. The lowest BCUT2D eigenvalue weighted by atomic mass is 9.94. The highest BCUT2D eigenvalue weighted by atomic mass is 16.6. The van der Waals surface area contributed by atoms with Gasteiger partial charge in [0.25, 0.3) is 0 Å². The van der Waals surface area contributed by atoms with Crippen molar-refractivity contribution in [2.24, 2.45) is 11.1 Å². The summed E-state index contributed by atoms with van der Waals surface area (Å²) in [5.74, 6) is 0.924. The van der Waals surface area contributed by atoms with Crippen molar-refractivity contribution in [3.8, 4) is 5.75 Å². The van der Waals surface area contributed by atoms with Crippen molar-refractivity contribution in [2.45, 2.75) is 13.0 Å². The van der Waals surface area contributed by atoms with E-state index in [1.807, 2.05) is 31.2 Å². The van der Waals surface area contributed by atoms with Crippen LogP contribution in [0.1, 0.15) is 12.5 Å². The number of oxime groups is 1. The highest BCUT2D eigenvalue weighted by Gasteiger charge is 2.30. The third kappa shape index (κ3) is 1.88. The summed E-state index contributed by atoms with van der Waals surface area (Å²) in [6.07, 6.45) is -0.225. The molecule has 1 aromatic rings. The van der Waals surface area contributed by atoms with Crippen molar-refractivity contribution in [1.29, 1.82) is 0 Å². The molecule has 4 heteroatoms. The fourth-order valence-electron chi connectivity index (χ4n) is 1.74. The van der Waals surface area contributed by atoms with Gasteiger partial charge in [0.05, 0.1) is 19.4 Å². The van der Waals surface area contributed by atoms with Crippen LogP contribution in [0.5, 0.6) is 5.75 Å². The van der Waals surface area contributed by atoms with Crippen molar-refractivity contribution in [3.05, 3.63) is 29.8 Å². The second-order valence-electron chi connectivity index (χ2n) is 3.82. The Hall–Kier alpha value is -1.55. The van der Waals surface area contributed by atoms with Gasteiger partial charge < -0.3 is 14.7 Å². The molecule has 1 N–H and O–H groups in total. The summed E-state index contributed by atoms with van der Waals surface area (Å²) in [6, 6.07) is 7.66. The largest absolute Gasteiger partial charge is 0.497 e. The highest BCUT2D eigenvalue weighted by Crippen LogP contribution is 2.23. The van der Waals surface area contributed by atoms with Crippen molar-refractivity contribution in [3.63, 3.8) is 0 Å². The molecule has 1 aliphatic rings. The Kier molecular flexibility index (Phi) is 3.10. The van der Waals surface area contributed by atoms with E-state index in [2.05, 4.69) is 5.16 Å². The van der Waals surface area contributed by atoms with Crippen LogP contribution in [0.4, 0.5) is 0 Å². The van der Waals surface area contributed by atoms with E-state index >= 15 is 0 Å². The van der Waals surface area contributed by atoms with Crippen LogP contribution in [-0.2, 0) is 4.84 Å². The lowest BCUT2D eigenvalue weighted by molar-refractivity contribution is 0.0211. The second kappa shape index (κ2) is 4.53. The molecule has 1 aromatic carbocycles. The molecule has 0 amide bonds. The molecule has 0 fully saturated rings. The molecule has 2 rings (SSSR count). The van der Waals surface area contributed by atoms with Gasteiger partial charge in [0.1, 0.15) is 5.75 Å². The molecule has 0 radical (unpaired) electrons. The van der Waals surface area contributed by atoms with E-state index in [4.69, 9.17) is 14.7 Å². The van der Waals surface area contributed by atoms with Crippen LogP contribution in [0.25, 0.3) is 0 Å². The molecule has 0 unspecified atom stereocenters. The van der Waals surface area contributed by atoms with Gasteiger partial charge in [0.2, 0.25) is 0 Å². The SMILES string of the molecule is COc1ccc(C2=NO[C@H](CO)[C@@H]2C)cc1. The number of rotatable bonds is 3. The maximum Gasteiger partial charge on any atom is 0.158 e. The Balaban J connectivity index is 2.19. The van der Waals surface area contributed by atoms with E-state index < -0.39 is 0 Å². The van der Waals surface area contributed by atoms with Gasteiger partial charge in [-0.2, -0.15) is 0 Å². The van der Waals surface area contributed by atoms with Gasteiger partial charge in [-0.15, -0.1) is 0 Å². The third-order valence-electron chi connectivity index (χ3n) is 2.84. The lowest BCUT2D eigenvalue weighted by Crippen LogP contribution is -2.24. The van der Waals surface area contributed by atoms with Crippen LogP contribution >= 0.6 is 0 Å². The number of nitrogens with zero attached hydrogens (tertiary/aromatic N) is 1. The summed E-state index contributed by atoms with van der Waals surface area (Å²) in [4.78, 5) is 5.14. The van der Waals surface area contributed by atoms with Crippen LogP contribution in [0.2, 0.25) is 0 Å². The first-order chi connectivity index (χ1) is 7.76. The number of methoxy groups -OCH3 is 1. The molecule has 1 heterocycles. The van der Waals surface area contributed by atoms with Crippen molar-refractivity contribution in [2.75, 3.05) is 13.7 Å². The summed E-state index contributed by atoms with van der Waals surface area (Å²) < 4.78 is 5.09. The third-order valence-corrected chi connectivity index (χ3v) is 2.84. The number of hydrogen-bond acceptors (Lipinski definition) is 4. The van der Waals surface area contributed by atoms with Gasteiger partial charge in [-0.05, 0) is 29.8 Å². The van der Waals surface area contributed by atoms with Crippen LogP contribution in [0.15, 0.2) is 29.4 Å². The maximum atomic E-state index is 9.06. The monoisotopic (exact) mass is 221 g/mol. The summed E-state index contributed by atoms with van der Waals surface area (Å²) >= 11 is 0. The molecular weight excluding hydrogens is 206 g/mol. The molecule has 0 aliphatic carbocycles. The van der Waals surface area contributed by atoms with Gasteiger partial charge in [-0.25, -0.2) is 0 Å². The van der Waals surface area contributed by atoms with Crippen molar-refractivity contribution in [1.82, 2.24) is 0 Å². The second-order valence-corrected chi connectivity index (χ2v) is 3.82. The first kappa shape index (κ1) is 11.0. The number of aliphatic hydroxyl groups is 1. The Morgan fingerprint density at radius 3 is 2.56 bits per heavy atom. The molecule has 2 atom stereocenters. The summed E-state index contributed by atoms with van der Waals surface area (Å²) in [7, 11) is 1.63. The van der Waals surface area contributed by atoms with E-state index in [-0.39, 0.29) is 18.6 Å². The topological polar surface area (TPSA) is 51.0 Å². The van der Waals surface area contributed by atoms with E-state index in [0.29, 0.717) is 0 Å². The Bertz CT molecular complexity index is 386. The normalized spacial score (nSPS) is 23.8. The van der Waals surface area contributed by atoms with Gasteiger partial charge in [0, 0.05) is 5.92 Å². The molecule has 86 valence electrons. The predicted octanol–water partition coefficient (Wildman–Crippen LogP) is 1.43. The fourth-order valence-corrected chi connectivity index (χ4v) is 1.74. The minimum atomic E-state index is -0.225. The van der Waals surface area contributed by atoms with Crippen molar-refractivity contribution < 1.29 is 14.7 Å². The summed E-state index contributed by atoms with van der Waals surface area (Å²) in [5, 5.41) is 13.1. The molecule has 4 nitrogen and oxygen atoms in total. The number of benzene rings is 1. The smallest absolute Gasteiger partial charge is 0.158 e. The Labute approximate surface area is 94.5 Å². The molecule has 0 saturated heterocycles. The van der Waals surface area contributed by atoms with Crippen LogP contribution < -0.4 is 4.74 Å². The van der Waals surface area contributed by atoms with Gasteiger partial charge in [0.15, 0.2) is 6.10 Å². The first-order valence-electron chi connectivity index (χ1n) is 5.25. The Morgan fingerprint density at radius 2 is 2.06 bits per heavy atom. The number of ether oxygens (including phenoxy) is 1. The van der Waals surface area contributed by atoms with Gasteiger partial charge in [-0.1, -0.05) is 12.1 Å². The van der Waals surface area contributed by atoms with Crippen LogP contribution in [0.3, 0.4) is 0 Å². The maximum absolute atomic E-state index is 9.06. The zero-order chi connectivity index (χ0) is 11.5. The minimum Gasteiger partial charge on any atom is -0.497 e. The van der Waals surface area contributed by atoms with Gasteiger partial charge in [-0.3, -0.25) is 0 Å². The quantitative estimate of drug-likeness (QED) is 0.840. The number of hydrogen-bond donors (Lipinski definition) is 1. The van der Waals surface area contributed by atoms with E-state index in [0.717, 1.165) is 17.0 Å². The number of aliphatic hydroxyl groups excluding tert-OH is 1. The molecule has 1 aliphatic heterocycles. The van der Waals surface area contributed by atoms with Crippen LogP contribution in [0, 0.1) is 5.92 Å². The van der Waals surface area contributed by atoms with Crippen molar-refractivity contribution >= 4 is 5.71 Å². The van der Waals surface area contributed by atoms with E-state index in [1.54, 1.807) is 7.11 Å². The molecule has 0 spiro atoms. The predicted molar refractivity (Wildman–Crippen MR) is 60.7 cm³/mol. The molecule has 0 saturated carbocycles. The van der Waals surface area contributed by atoms with Gasteiger partial charge >= 0.3 is 0 Å². The lowest BCUT2D eigenvalue weighted by Gasteiger charge is -2.11. The summed E-state index contributed by atoms with van der Waals surface area (Å²) in [6.45, 7) is 1.99. The zero-order valence-electron chi connectivity index (χ0n) is 9.38.